The number of benzene rings is 1. The minimum Gasteiger partial charge on any atom is -0.444 e. The fourth-order valence-corrected chi connectivity index (χ4v) is 3.85. The molecule has 0 unspecified atom stereocenters. The first-order valence-electron chi connectivity index (χ1n) is 11.5. The number of anilines is 1. The number of ether oxygens (including phenoxy) is 1. The van der Waals surface area contributed by atoms with Gasteiger partial charge in [-0.2, -0.15) is 0 Å². The van der Waals surface area contributed by atoms with Gasteiger partial charge in [-0.1, -0.05) is 25.5 Å². The number of pyridine rings is 1. The molecule has 0 fully saturated rings. The van der Waals surface area contributed by atoms with Crippen LogP contribution in [0.1, 0.15) is 78.1 Å². The molecule has 7 nitrogen and oxygen atoms in total. The molecule has 2 bridgehead atoms. The highest BCUT2D eigenvalue weighted by Crippen LogP contribution is 2.35. The standard InChI is InChI=1S/C26H35N3O4/c1-16-8-7-9-20(29-24(31)33-25(2,3)4)22-14-17(12-13-27-22)19-11-10-18(26(5,6)32)15-21(19)28-23(16)30/h10-16,20,32H,7-9H2,1-6H3,(H,28,30)(H,29,31)/t16-,20+/m1/s1. The summed E-state index contributed by atoms with van der Waals surface area (Å²) in [7, 11) is 0. The molecule has 7 heteroatoms. The molecule has 33 heavy (non-hydrogen) atoms. The molecule has 3 N–H and O–H groups in total. The summed E-state index contributed by atoms with van der Waals surface area (Å²) in [4.78, 5) is 29.9. The Balaban J connectivity index is 2.05. The lowest BCUT2D eigenvalue weighted by Crippen LogP contribution is -2.35. The normalized spacial score (nSPS) is 19.4. The van der Waals surface area contributed by atoms with Gasteiger partial charge in [-0.15, -0.1) is 0 Å². The third-order valence-corrected chi connectivity index (χ3v) is 5.70. The molecule has 2 aromatic rings. The molecule has 0 saturated carbocycles. The maximum Gasteiger partial charge on any atom is 0.408 e. The highest BCUT2D eigenvalue weighted by atomic mass is 16.6. The Kier molecular flexibility index (Phi) is 7.12. The summed E-state index contributed by atoms with van der Waals surface area (Å²) in [5, 5.41) is 16.5. The Bertz CT molecular complexity index is 1020. The van der Waals surface area contributed by atoms with Gasteiger partial charge >= 0.3 is 6.09 Å². The maximum absolute atomic E-state index is 12.9. The summed E-state index contributed by atoms with van der Waals surface area (Å²) in [5.41, 5.74) is 2.12. The number of fused-ring (bicyclic) bond motifs is 4. The Labute approximate surface area is 196 Å². The number of amides is 2. The zero-order valence-electron chi connectivity index (χ0n) is 20.4. The molecule has 1 aliphatic rings. The molecule has 2 heterocycles. The van der Waals surface area contributed by atoms with E-state index >= 15 is 0 Å². The van der Waals surface area contributed by atoms with Crippen LogP contribution >= 0.6 is 0 Å². The molecule has 1 aromatic carbocycles. The van der Waals surface area contributed by atoms with E-state index in [4.69, 9.17) is 4.74 Å². The van der Waals surface area contributed by atoms with Crippen LogP contribution in [0.2, 0.25) is 0 Å². The van der Waals surface area contributed by atoms with E-state index in [1.165, 1.54) is 0 Å². The highest BCUT2D eigenvalue weighted by Gasteiger charge is 2.25. The first kappa shape index (κ1) is 24.7. The van der Waals surface area contributed by atoms with Crippen LogP contribution in [-0.2, 0) is 15.1 Å². The first-order valence-corrected chi connectivity index (χ1v) is 11.5. The van der Waals surface area contributed by atoms with E-state index in [1.54, 1.807) is 20.0 Å². The van der Waals surface area contributed by atoms with Crippen molar-refractivity contribution in [3.8, 4) is 11.1 Å². The number of hydrogen-bond donors (Lipinski definition) is 3. The molecule has 1 aliphatic heterocycles. The van der Waals surface area contributed by atoms with Crippen molar-refractivity contribution >= 4 is 17.7 Å². The summed E-state index contributed by atoms with van der Waals surface area (Å²) >= 11 is 0. The van der Waals surface area contributed by atoms with Crippen molar-refractivity contribution in [3.63, 3.8) is 0 Å². The summed E-state index contributed by atoms with van der Waals surface area (Å²) in [6.07, 6.45) is 3.25. The summed E-state index contributed by atoms with van der Waals surface area (Å²) in [5.74, 6) is -0.285. The monoisotopic (exact) mass is 453 g/mol. The number of carbonyl (C=O) groups excluding carboxylic acids is 2. The largest absolute Gasteiger partial charge is 0.444 e. The maximum atomic E-state index is 12.9. The molecule has 0 radical (unpaired) electrons. The van der Waals surface area contributed by atoms with Crippen molar-refractivity contribution in [1.82, 2.24) is 10.3 Å². The molecule has 0 spiro atoms. The highest BCUT2D eigenvalue weighted by molar-refractivity contribution is 5.96. The molecule has 3 rings (SSSR count). The molecule has 2 atom stereocenters. The number of nitrogens with zero attached hydrogens (tertiary/aromatic N) is 1. The van der Waals surface area contributed by atoms with E-state index in [0.29, 0.717) is 24.1 Å². The van der Waals surface area contributed by atoms with Crippen molar-refractivity contribution in [2.75, 3.05) is 5.32 Å². The smallest absolute Gasteiger partial charge is 0.408 e. The lowest BCUT2D eigenvalue weighted by molar-refractivity contribution is -0.119. The van der Waals surface area contributed by atoms with Crippen molar-refractivity contribution in [2.45, 2.75) is 78.0 Å². The van der Waals surface area contributed by atoms with Gasteiger partial charge in [0.25, 0.3) is 0 Å². The summed E-state index contributed by atoms with van der Waals surface area (Å²) in [6, 6.07) is 9.04. The number of rotatable bonds is 2. The molecule has 0 saturated heterocycles. The lowest BCUT2D eigenvalue weighted by Gasteiger charge is -2.25. The van der Waals surface area contributed by atoms with E-state index in [9.17, 15) is 14.7 Å². The van der Waals surface area contributed by atoms with Crippen LogP contribution in [0.15, 0.2) is 36.5 Å². The van der Waals surface area contributed by atoms with Crippen LogP contribution < -0.4 is 10.6 Å². The van der Waals surface area contributed by atoms with Gasteiger partial charge in [-0.05, 0) is 76.8 Å². The number of hydrogen-bond acceptors (Lipinski definition) is 5. The molecular formula is C26H35N3O4. The second kappa shape index (κ2) is 9.51. The van der Waals surface area contributed by atoms with Crippen LogP contribution in [0.5, 0.6) is 0 Å². The summed E-state index contributed by atoms with van der Waals surface area (Å²) < 4.78 is 5.46. The fraction of sp³-hybridized carbons (Fsp3) is 0.500. The Hall–Kier alpha value is -2.93. The van der Waals surface area contributed by atoms with Gasteiger partial charge in [0.1, 0.15) is 5.60 Å². The van der Waals surface area contributed by atoms with Crippen molar-refractivity contribution < 1.29 is 19.4 Å². The predicted octanol–water partition coefficient (Wildman–Crippen LogP) is 5.30. The van der Waals surface area contributed by atoms with E-state index < -0.39 is 17.3 Å². The van der Waals surface area contributed by atoms with Gasteiger partial charge in [-0.25, -0.2) is 4.79 Å². The topological polar surface area (TPSA) is 101 Å². The lowest BCUT2D eigenvalue weighted by atomic mass is 9.92. The van der Waals surface area contributed by atoms with Gasteiger partial charge in [0.15, 0.2) is 0 Å². The van der Waals surface area contributed by atoms with Gasteiger partial charge < -0.3 is 20.5 Å². The van der Waals surface area contributed by atoms with Crippen molar-refractivity contribution in [2.24, 2.45) is 5.92 Å². The molecule has 1 aromatic heterocycles. The minimum absolute atomic E-state index is 0.0735. The number of carbonyl (C=O) groups is 2. The quantitative estimate of drug-likeness (QED) is 0.573. The molecule has 178 valence electrons. The van der Waals surface area contributed by atoms with Gasteiger partial charge in [0.05, 0.1) is 17.3 Å². The van der Waals surface area contributed by atoms with Gasteiger partial charge in [0, 0.05) is 23.4 Å². The van der Waals surface area contributed by atoms with Crippen LogP contribution in [0.4, 0.5) is 10.5 Å². The third kappa shape index (κ3) is 6.54. The molecule has 0 aliphatic carbocycles. The predicted molar refractivity (Wildman–Crippen MR) is 129 cm³/mol. The second-order valence-electron chi connectivity index (χ2n) is 10.3. The van der Waals surface area contributed by atoms with Crippen LogP contribution in [0.3, 0.4) is 0 Å². The molecular weight excluding hydrogens is 418 g/mol. The van der Waals surface area contributed by atoms with Gasteiger partial charge in [-0.3, -0.25) is 9.78 Å². The minimum atomic E-state index is -1.04. The van der Waals surface area contributed by atoms with Crippen LogP contribution in [0, 0.1) is 5.92 Å². The van der Waals surface area contributed by atoms with E-state index in [2.05, 4.69) is 15.6 Å². The average Bonchev–Trinajstić information content (AvgIpc) is 2.70. The average molecular weight is 454 g/mol. The first-order chi connectivity index (χ1) is 15.3. The van der Waals surface area contributed by atoms with Gasteiger partial charge in [0.2, 0.25) is 5.91 Å². The number of aromatic nitrogens is 1. The Morgan fingerprint density at radius 1 is 1.15 bits per heavy atom. The van der Waals surface area contributed by atoms with Crippen molar-refractivity contribution in [1.29, 1.82) is 0 Å². The Morgan fingerprint density at radius 3 is 2.55 bits per heavy atom. The number of alkyl carbamates (subject to hydrolysis) is 1. The van der Waals surface area contributed by atoms with Crippen LogP contribution in [0.25, 0.3) is 11.1 Å². The Morgan fingerprint density at radius 2 is 1.88 bits per heavy atom. The molecule has 2 amide bonds. The second-order valence-corrected chi connectivity index (χ2v) is 10.3. The van der Waals surface area contributed by atoms with Crippen molar-refractivity contribution in [3.05, 3.63) is 47.8 Å². The van der Waals surface area contributed by atoms with Crippen LogP contribution in [-0.4, -0.2) is 27.7 Å². The van der Waals surface area contributed by atoms with E-state index in [1.807, 2.05) is 58.0 Å². The van der Waals surface area contributed by atoms with E-state index in [0.717, 1.165) is 23.2 Å². The zero-order valence-corrected chi connectivity index (χ0v) is 20.4. The fourth-order valence-electron chi connectivity index (χ4n) is 3.85. The third-order valence-electron chi connectivity index (χ3n) is 5.70. The SMILES string of the molecule is C[C@@H]1CCC[C@H](NC(=O)OC(C)(C)C)c2cc(ccn2)-c2ccc(C(C)(C)O)cc2NC1=O. The summed E-state index contributed by atoms with van der Waals surface area (Å²) in [6.45, 7) is 10.8. The number of nitrogens with one attached hydrogen (secondary N) is 2. The zero-order chi connectivity index (χ0) is 24.4. The van der Waals surface area contributed by atoms with E-state index in [-0.39, 0.29) is 17.9 Å². The number of aliphatic hydroxyl groups is 1.